The molecule has 1 aliphatic carbocycles. The third-order valence-electron chi connectivity index (χ3n) is 7.20. The Morgan fingerprint density at radius 1 is 1.07 bits per heavy atom. The van der Waals surface area contributed by atoms with E-state index in [0.29, 0.717) is 26.2 Å². The zero-order valence-electron chi connectivity index (χ0n) is 17.9. The standard InChI is InChI=1S/C24H34N2O4/c1-24(29)13-14-26(23(28)19-11-15-30-16-12-19)20(17-7-3-2-4-8-17)21(24)25-22(27)18-9-5-6-10-18/h2-4,7-8,18-21,29H,5-6,9-16H2,1H3,(H,25,27)/t20-,21-,24+/m0/s1. The van der Waals surface area contributed by atoms with Gasteiger partial charge in [0.05, 0.1) is 17.7 Å². The van der Waals surface area contributed by atoms with Gasteiger partial charge in [0.2, 0.25) is 11.8 Å². The van der Waals surface area contributed by atoms with Crippen LogP contribution in [0, 0.1) is 11.8 Å². The van der Waals surface area contributed by atoms with Gasteiger partial charge >= 0.3 is 0 Å². The molecule has 0 aromatic heterocycles. The molecule has 3 aliphatic rings. The summed E-state index contributed by atoms with van der Waals surface area (Å²) in [6.45, 7) is 3.50. The molecule has 0 unspecified atom stereocenters. The fraction of sp³-hybridized carbons (Fsp3) is 0.667. The first kappa shape index (κ1) is 21.3. The van der Waals surface area contributed by atoms with Crippen molar-refractivity contribution in [2.45, 2.75) is 69.6 Å². The van der Waals surface area contributed by atoms with Crippen molar-refractivity contribution in [3.05, 3.63) is 35.9 Å². The van der Waals surface area contributed by atoms with E-state index in [1.165, 1.54) is 0 Å². The predicted octanol–water partition coefficient (Wildman–Crippen LogP) is 2.81. The van der Waals surface area contributed by atoms with E-state index in [1.54, 1.807) is 6.92 Å². The van der Waals surface area contributed by atoms with Crippen molar-refractivity contribution in [3.8, 4) is 0 Å². The average Bonchev–Trinajstić information content (AvgIpc) is 3.31. The summed E-state index contributed by atoms with van der Waals surface area (Å²) in [6.07, 6.45) is 5.87. The highest BCUT2D eigenvalue weighted by atomic mass is 16.5. The second-order valence-electron chi connectivity index (χ2n) is 9.35. The van der Waals surface area contributed by atoms with Gasteiger partial charge in [-0.3, -0.25) is 9.59 Å². The van der Waals surface area contributed by atoms with Gasteiger partial charge in [0.15, 0.2) is 0 Å². The minimum absolute atomic E-state index is 0.0128. The van der Waals surface area contributed by atoms with Crippen molar-refractivity contribution in [1.82, 2.24) is 10.2 Å². The fourth-order valence-electron chi connectivity index (χ4n) is 5.30. The van der Waals surface area contributed by atoms with Crippen LogP contribution in [0.15, 0.2) is 30.3 Å². The maximum Gasteiger partial charge on any atom is 0.226 e. The highest BCUT2D eigenvalue weighted by Crippen LogP contribution is 2.39. The lowest BCUT2D eigenvalue weighted by molar-refractivity contribution is -0.152. The number of aliphatic hydroxyl groups is 1. The molecule has 164 valence electrons. The topological polar surface area (TPSA) is 78.9 Å². The number of nitrogens with one attached hydrogen (secondary N) is 1. The molecule has 6 nitrogen and oxygen atoms in total. The molecule has 3 atom stereocenters. The van der Waals surface area contributed by atoms with Crippen LogP contribution in [-0.2, 0) is 14.3 Å². The largest absolute Gasteiger partial charge is 0.388 e. The van der Waals surface area contributed by atoms with Crippen molar-refractivity contribution in [1.29, 1.82) is 0 Å². The number of benzene rings is 1. The third-order valence-corrected chi connectivity index (χ3v) is 7.20. The summed E-state index contributed by atoms with van der Waals surface area (Å²) in [5.74, 6) is 0.0832. The van der Waals surface area contributed by atoms with Gasteiger partial charge in [-0.05, 0) is 44.6 Å². The van der Waals surface area contributed by atoms with Crippen LogP contribution in [0.3, 0.4) is 0 Å². The van der Waals surface area contributed by atoms with E-state index in [4.69, 9.17) is 4.74 Å². The van der Waals surface area contributed by atoms with E-state index in [1.807, 2.05) is 35.2 Å². The van der Waals surface area contributed by atoms with Gasteiger partial charge in [-0.2, -0.15) is 0 Å². The third kappa shape index (κ3) is 4.40. The van der Waals surface area contributed by atoms with Crippen LogP contribution in [0.1, 0.15) is 63.5 Å². The molecule has 3 fully saturated rings. The molecule has 2 N–H and O–H groups in total. The second kappa shape index (κ2) is 9.06. The van der Waals surface area contributed by atoms with Crippen molar-refractivity contribution < 1.29 is 19.4 Å². The van der Waals surface area contributed by atoms with Crippen molar-refractivity contribution >= 4 is 11.8 Å². The first-order chi connectivity index (χ1) is 14.5. The number of ether oxygens (including phenoxy) is 1. The van der Waals surface area contributed by atoms with Crippen molar-refractivity contribution in [2.24, 2.45) is 11.8 Å². The van der Waals surface area contributed by atoms with Crippen LogP contribution in [0.4, 0.5) is 0 Å². The van der Waals surface area contributed by atoms with Gasteiger partial charge in [-0.25, -0.2) is 0 Å². The van der Waals surface area contributed by atoms with Crippen LogP contribution < -0.4 is 5.32 Å². The van der Waals surface area contributed by atoms with Crippen molar-refractivity contribution in [2.75, 3.05) is 19.8 Å². The number of nitrogens with zero attached hydrogens (tertiary/aromatic N) is 1. The molecular weight excluding hydrogens is 380 g/mol. The highest BCUT2D eigenvalue weighted by Gasteiger charge is 2.49. The van der Waals surface area contributed by atoms with E-state index in [2.05, 4.69) is 5.32 Å². The molecule has 6 heteroatoms. The molecule has 0 radical (unpaired) electrons. The SMILES string of the molecule is C[C@@]1(O)CCN(C(=O)C2CCOCC2)[C@@H](c2ccccc2)[C@@H]1NC(=O)C1CCCC1. The summed E-state index contributed by atoms with van der Waals surface area (Å²) in [7, 11) is 0. The second-order valence-corrected chi connectivity index (χ2v) is 9.35. The van der Waals surface area contributed by atoms with Gasteiger partial charge in [-0.15, -0.1) is 0 Å². The number of likely N-dealkylation sites (tertiary alicyclic amines) is 1. The Kier molecular flexibility index (Phi) is 6.44. The summed E-state index contributed by atoms with van der Waals surface area (Å²) < 4.78 is 5.44. The fourth-order valence-corrected chi connectivity index (χ4v) is 5.30. The van der Waals surface area contributed by atoms with E-state index in [0.717, 1.165) is 44.1 Å². The van der Waals surface area contributed by atoms with Gasteiger partial charge in [0.25, 0.3) is 0 Å². The van der Waals surface area contributed by atoms with Crippen LogP contribution in [0.25, 0.3) is 0 Å². The lowest BCUT2D eigenvalue weighted by Gasteiger charge is -2.50. The van der Waals surface area contributed by atoms with Gasteiger partial charge < -0.3 is 20.1 Å². The molecule has 0 bridgehead atoms. The van der Waals surface area contributed by atoms with Gasteiger partial charge in [-0.1, -0.05) is 43.2 Å². The zero-order valence-corrected chi connectivity index (χ0v) is 17.9. The summed E-state index contributed by atoms with van der Waals surface area (Å²) >= 11 is 0. The van der Waals surface area contributed by atoms with E-state index < -0.39 is 11.6 Å². The number of carbonyl (C=O) groups is 2. The molecule has 1 aromatic rings. The summed E-state index contributed by atoms with van der Waals surface area (Å²) in [4.78, 5) is 28.4. The molecule has 2 heterocycles. The Hall–Kier alpha value is -1.92. The number of hydrogen-bond acceptors (Lipinski definition) is 4. The minimum Gasteiger partial charge on any atom is -0.388 e. The Balaban J connectivity index is 1.64. The molecule has 30 heavy (non-hydrogen) atoms. The lowest BCUT2D eigenvalue weighted by atomic mass is 9.78. The number of piperidine rings is 1. The van der Waals surface area contributed by atoms with E-state index >= 15 is 0 Å². The number of hydrogen-bond donors (Lipinski definition) is 2. The molecule has 1 saturated carbocycles. The van der Waals surface area contributed by atoms with E-state index in [9.17, 15) is 14.7 Å². The molecule has 1 aromatic carbocycles. The molecule has 0 spiro atoms. The number of rotatable bonds is 4. The number of carbonyl (C=O) groups excluding carboxylic acids is 2. The van der Waals surface area contributed by atoms with E-state index in [-0.39, 0.29) is 29.7 Å². The first-order valence-corrected chi connectivity index (χ1v) is 11.4. The predicted molar refractivity (Wildman–Crippen MR) is 114 cm³/mol. The Bertz CT molecular complexity index is 739. The molecule has 2 amide bonds. The Morgan fingerprint density at radius 3 is 2.40 bits per heavy atom. The monoisotopic (exact) mass is 414 g/mol. The molecule has 2 saturated heterocycles. The highest BCUT2D eigenvalue weighted by molar-refractivity contribution is 5.81. The normalized spacial score (nSPS) is 30.9. The van der Waals surface area contributed by atoms with Crippen LogP contribution in [0.2, 0.25) is 0 Å². The molecule has 4 rings (SSSR count). The van der Waals surface area contributed by atoms with Crippen LogP contribution in [-0.4, -0.2) is 53.2 Å². The van der Waals surface area contributed by atoms with Gasteiger partial charge in [0.1, 0.15) is 0 Å². The number of amides is 2. The molecule has 2 aliphatic heterocycles. The molecular formula is C24H34N2O4. The summed E-state index contributed by atoms with van der Waals surface area (Å²) in [5.41, 5.74) is -0.129. The first-order valence-electron chi connectivity index (χ1n) is 11.4. The zero-order chi connectivity index (χ0) is 21.1. The Morgan fingerprint density at radius 2 is 1.73 bits per heavy atom. The smallest absolute Gasteiger partial charge is 0.226 e. The minimum atomic E-state index is -1.08. The van der Waals surface area contributed by atoms with Crippen LogP contribution in [0.5, 0.6) is 0 Å². The summed E-state index contributed by atoms with van der Waals surface area (Å²) in [6, 6.07) is 8.91. The Labute approximate surface area is 179 Å². The van der Waals surface area contributed by atoms with Gasteiger partial charge in [0, 0.05) is 31.6 Å². The maximum atomic E-state index is 13.5. The lowest BCUT2D eigenvalue weighted by Crippen LogP contribution is -2.64. The van der Waals surface area contributed by atoms with Crippen molar-refractivity contribution in [3.63, 3.8) is 0 Å². The summed E-state index contributed by atoms with van der Waals surface area (Å²) in [5, 5.41) is 14.5. The van der Waals surface area contributed by atoms with Crippen LogP contribution >= 0.6 is 0 Å². The quantitative estimate of drug-likeness (QED) is 0.794. The maximum absolute atomic E-state index is 13.5. The average molecular weight is 415 g/mol.